The quantitative estimate of drug-likeness (QED) is 0.390. The molecule has 4 heteroatoms. The van der Waals surface area contributed by atoms with Crippen LogP contribution in [0.5, 0.6) is 11.5 Å². The number of rotatable bonds is 6. The van der Waals surface area contributed by atoms with Crippen LogP contribution in [-0.4, -0.2) is 26.3 Å². The topological polar surface area (TPSA) is 44.8 Å². The van der Waals surface area contributed by atoms with E-state index < -0.39 is 5.97 Å². The molecule has 122 valence electrons. The molecule has 0 aromatic heterocycles. The summed E-state index contributed by atoms with van der Waals surface area (Å²) in [6, 6.07) is 20.3. The fourth-order valence-corrected chi connectivity index (χ4v) is 2.37. The Morgan fingerprint density at radius 3 is 2.42 bits per heavy atom. The summed E-state index contributed by atoms with van der Waals surface area (Å²) in [4.78, 5) is 12.3. The van der Waals surface area contributed by atoms with E-state index >= 15 is 0 Å². The smallest absolute Gasteiger partial charge is 0.343 e. The van der Waals surface area contributed by atoms with E-state index in [0.717, 1.165) is 10.8 Å². The fraction of sp³-hybridized carbons (Fsp3) is 0.150. The minimum atomic E-state index is -0.394. The summed E-state index contributed by atoms with van der Waals surface area (Å²) >= 11 is 0. The van der Waals surface area contributed by atoms with Crippen LogP contribution in [0.25, 0.3) is 10.8 Å². The minimum absolute atomic E-state index is 0.394. The summed E-state index contributed by atoms with van der Waals surface area (Å²) in [6.07, 6.45) is 0. The van der Waals surface area contributed by atoms with Gasteiger partial charge in [0.25, 0.3) is 0 Å². The number of carbonyl (C=O) groups excluding carboxylic acids is 1. The van der Waals surface area contributed by atoms with Crippen LogP contribution in [-0.2, 0) is 4.74 Å². The lowest BCUT2D eigenvalue weighted by atomic mass is 10.1. The molecule has 0 bridgehead atoms. The lowest BCUT2D eigenvalue weighted by Gasteiger charge is -2.09. The normalized spacial score (nSPS) is 10.5. The summed E-state index contributed by atoms with van der Waals surface area (Å²) in [7, 11) is 1.62. The third kappa shape index (κ3) is 3.73. The van der Waals surface area contributed by atoms with Crippen molar-refractivity contribution in [3.8, 4) is 11.5 Å². The maximum absolute atomic E-state index is 12.3. The fourth-order valence-electron chi connectivity index (χ4n) is 2.37. The zero-order valence-corrected chi connectivity index (χ0v) is 13.4. The van der Waals surface area contributed by atoms with Gasteiger partial charge in [0, 0.05) is 12.5 Å². The van der Waals surface area contributed by atoms with Gasteiger partial charge < -0.3 is 14.2 Å². The SMILES string of the molecule is COCCOc1ccc(C(=O)Oc2cccc3ccccc23)cc1. The highest BCUT2D eigenvalue weighted by atomic mass is 16.5. The molecule has 0 N–H and O–H groups in total. The van der Waals surface area contributed by atoms with Crippen LogP contribution in [0.1, 0.15) is 10.4 Å². The summed E-state index contributed by atoms with van der Waals surface area (Å²) < 4.78 is 16.0. The van der Waals surface area contributed by atoms with E-state index in [1.807, 2.05) is 36.4 Å². The van der Waals surface area contributed by atoms with Gasteiger partial charge in [0.2, 0.25) is 0 Å². The van der Waals surface area contributed by atoms with Crippen molar-refractivity contribution in [1.29, 1.82) is 0 Å². The first kappa shape index (κ1) is 16.0. The number of benzene rings is 3. The molecule has 24 heavy (non-hydrogen) atoms. The second-order valence-electron chi connectivity index (χ2n) is 5.23. The van der Waals surface area contributed by atoms with Crippen molar-refractivity contribution in [1.82, 2.24) is 0 Å². The summed E-state index contributed by atoms with van der Waals surface area (Å²) in [5, 5.41) is 1.94. The van der Waals surface area contributed by atoms with Gasteiger partial charge in [0.1, 0.15) is 18.1 Å². The molecule has 0 heterocycles. The Bertz CT molecular complexity index is 819. The van der Waals surface area contributed by atoms with Gasteiger partial charge in [0.05, 0.1) is 12.2 Å². The first-order chi connectivity index (χ1) is 11.8. The number of carbonyl (C=O) groups is 1. The van der Waals surface area contributed by atoms with E-state index in [4.69, 9.17) is 14.2 Å². The second-order valence-corrected chi connectivity index (χ2v) is 5.23. The van der Waals surface area contributed by atoms with Crippen molar-refractivity contribution < 1.29 is 19.0 Å². The Balaban J connectivity index is 1.72. The van der Waals surface area contributed by atoms with Gasteiger partial charge in [-0.25, -0.2) is 4.79 Å². The molecule has 4 nitrogen and oxygen atoms in total. The van der Waals surface area contributed by atoms with Crippen LogP contribution in [0.15, 0.2) is 66.7 Å². The zero-order valence-electron chi connectivity index (χ0n) is 13.4. The van der Waals surface area contributed by atoms with Crippen LogP contribution in [0.3, 0.4) is 0 Å². The van der Waals surface area contributed by atoms with E-state index in [1.165, 1.54) is 0 Å². The van der Waals surface area contributed by atoms with Crippen molar-refractivity contribution in [2.75, 3.05) is 20.3 Å². The molecule has 3 aromatic rings. The third-order valence-corrected chi connectivity index (χ3v) is 3.60. The highest BCUT2D eigenvalue weighted by Crippen LogP contribution is 2.26. The van der Waals surface area contributed by atoms with Crippen LogP contribution in [0.2, 0.25) is 0 Å². The van der Waals surface area contributed by atoms with Gasteiger partial charge in [0.15, 0.2) is 0 Å². The molecule has 0 atom stereocenters. The lowest BCUT2D eigenvalue weighted by molar-refractivity contribution is 0.0737. The van der Waals surface area contributed by atoms with Crippen molar-refractivity contribution >= 4 is 16.7 Å². The molecule has 0 spiro atoms. The van der Waals surface area contributed by atoms with Gasteiger partial charge in [-0.3, -0.25) is 0 Å². The standard InChI is InChI=1S/C20H18O4/c1-22-13-14-23-17-11-9-16(10-12-17)20(21)24-19-8-4-6-15-5-2-3-7-18(15)19/h2-12H,13-14H2,1H3. The number of hydrogen-bond acceptors (Lipinski definition) is 4. The number of esters is 1. The Morgan fingerprint density at radius 2 is 1.62 bits per heavy atom. The Kier molecular flexibility index (Phi) is 5.08. The van der Waals surface area contributed by atoms with Crippen molar-refractivity contribution in [3.63, 3.8) is 0 Å². The van der Waals surface area contributed by atoms with Crippen molar-refractivity contribution in [3.05, 3.63) is 72.3 Å². The number of hydrogen-bond donors (Lipinski definition) is 0. The van der Waals surface area contributed by atoms with Gasteiger partial charge >= 0.3 is 5.97 Å². The molecule has 0 aliphatic rings. The molecule has 0 unspecified atom stereocenters. The third-order valence-electron chi connectivity index (χ3n) is 3.60. The van der Waals surface area contributed by atoms with Gasteiger partial charge in [-0.1, -0.05) is 36.4 Å². The van der Waals surface area contributed by atoms with Gasteiger partial charge in [-0.2, -0.15) is 0 Å². The van der Waals surface area contributed by atoms with E-state index in [0.29, 0.717) is 30.3 Å². The molecular weight excluding hydrogens is 304 g/mol. The maximum Gasteiger partial charge on any atom is 0.343 e. The van der Waals surface area contributed by atoms with Crippen LogP contribution < -0.4 is 9.47 Å². The highest BCUT2D eigenvalue weighted by Gasteiger charge is 2.11. The average molecular weight is 322 g/mol. The molecular formula is C20H18O4. The van der Waals surface area contributed by atoms with Crippen molar-refractivity contribution in [2.24, 2.45) is 0 Å². The second kappa shape index (κ2) is 7.62. The number of ether oxygens (including phenoxy) is 3. The van der Waals surface area contributed by atoms with Crippen molar-refractivity contribution in [2.45, 2.75) is 0 Å². The Morgan fingerprint density at radius 1 is 0.875 bits per heavy atom. The first-order valence-electron chi connectivity index (χ1n) is 7.69. The number of fused-ring (bicyclic) bond motifs is 1. The van der Waals surface area contributed by atoms with Crippen LogP contribution in [0, 0.1) is 0 Å². The van der Waals surface area contributed by atoms with E-state index in [2.05, 4.69) is 0 Å². The molecule has 0 saturated heterocycles. The number of methoxy groups -OCH3 is 1. The monoisotopic (exact) mass is 322 g/mol. The predicted octanol–water partition coefficient (Wildman–Crippen LogP) is 4.08. The van der Waals surface area contributed by atoms with E-state index in [-0.39, 0.29) is 0 Å². The molecule has 0 radical (unpaired) electrons. The maximum atomic E-state index is 12.3. The van der Waals surface area contributed by atoms with Gasteiger partial charge in [-0.15, -0.1) is 0 Å². The average Bonchev–Trinajstić information content (AvgIpc) is 2.63. The molecule has 3 aromatic carbocycles. The highest BCUT2D eigenvalue weighted by molar-refractivity contribution is 5.95. The van der Waals surface area contributed by atoms with Crippen LogP contribution in [0.4, 0.5) is 0 Å². The lowest BCUT2D eigenvalue weighted by Crippen LogP contribution is -2.09. The van der Waals surface area contributed by atoms with E-state index in [1.54, 1.807) is 37.4 Å². The minimum Gasteiger partial charge on any atom is -0.491 e. The Hall–Kier alpha value is -2.85. The molecule has 0 saturated carbocycles. The molecule has 0 aliphatic carbocycles. The molecule has 3 rings (SSSR count). The molecule has 0 amide bonds. The Labute approximate surface area is 140 Å². The summed E-state index contributed by atoms with van der Waals surface area (Å²) in [6.45, 7) is 0.987. The zero-order chi connectivity index (χ0) is 16.8. The van der Waals surface area contributed by atoms with Gasteiger partial charge in [-0.05, 0) is 35.7 Å². The molecule has 0 fully saturated rings. The predicted molar refractivity (Wildman–Crippen MR) is 92.7 cm³/mol. The van der Waals surface area contributed by atoms with E-state index in [9.17, 15) is 4.79 Å². The molecule has 0 aliphatic heterocycles. The van der Waals surface area contributed by atoms with Crippen LogP contribution >= 0.6 is 0 Å². The summed E-state index contributed by atoms with van der Waals surface area (Å²) in [5.74, 6) is 0.849. The largest absolute Gasteiger partial charge is 0.491 e. The first-order valence-corrected chi connectivity index (χ1v) is 7.69. The summed E-state index contributed by atoms with van der Waals surface area (Å²) in [5.41, 5.74) is 0.474.